The molecule has 1 fully saturated rings. The van der Waals surface area contributed by atoms with Gasteiger partial charge in [-0.3, -0.25) is 4.79 Å². The van der Waals surface area contributed by atoms with Crippen LogP contribution in [-0.4, -0.2) is 18.2 Å². The molecule has 0 unspecified atom stereocenters. The van der Waals surface area contributed by atoms with E-state index in [1.165, 1.54) is 63.4 Å². The Balaban J connectivity index is 1.76. The number of hydrogen-bond donors (Lipinski definition) is 1. The highest BCUT2D eigenvalue weighted by Gasteiger charge is 2.06. The summed E-state index contributed by atoms with van der Waals surface area (Å²) in [4.78, 5) is 12.1. The van der Waals surface area contributed by atoms with Crippen LogP contribution in [0.3, 0.4) is 0 Å². The molecule has 0 aromatic heterocycles. The standard InChI is InChI=1S/C23H36N2O2/c1-19(2)20-14-16-22(17-15-20)27-18-23(26)25-24-21-12-10-8-6-4-3-5-7-9-11-13-21/h14-17,19H,3-13,18H2,1-2H3,(H,25,26). The predicted octanol–water partition coefficient (Wildman–Crippen LogP) is 5.97. The molecule has 1 saturated carbocycles. The van der Waals surface area contributed by atoms with Crippen molar-refractivity contribution in [3.05, 3.63) is 29.8 Å². The van der Waals surface area contributed by atoms with Gasteiger partial charge in [0.1, 0.15) is 5.75 Å². The van der Waals surface area contributed by atoms with Gasteiger partial charge in [-0.05, 0) is 49.3 Å². The second-order valence-corrected chi connectivity index (χ2v) is 7.91. The molecule has 0 spiro atoms. The molecule has 150 valence electrons. The zero-order valence-corrected chi connectivity index (χ0v) is 17.1. The van der Waals surface area contributed by atoms with Crippen molar-refractivity contribution in [2.45, 2.75) is 90.4 Å². The molecule has 2 rings (SSSR count). The molecular weight excluding hydrogens is 336 g/mol. The van der Waals surface area contributed by atoms with E-state index in [4.69, 9.17) is 4.74 Å². The fourth-order valence-corrected chi connectivity index (χ4v) is 3.40. The van der Waals surface area contributed by atoms with E-state index in [-0.39, 0.29) is 12.5 Å². The van der Waals surface area contributed by atoms with Gasteiger partial charge in [-0.25, -0.2) is 5.43 Å². The lowest BCUT2D eigenvalue weighted by molar-refractivity contribution is -0.123. The van der Waals surface area contributed by atoms with Crippen LogP contribution in [0.15, 0.2) is 29.4 Å². The fourth-order valence-electron chi connectivity index (χ4n) is 3.40. The van der Waals surface area contributed by atoms with E-state index >= 15 is 0 Å². The molecule has 1 aliphatic rings. The smallest absolute Gasteiger partial charge is 0.277 e. The van der Waals surface area contributed by atoms with Crippen LogP contribution in [-0.2, 0) is 4.79 Å². The number of nitrogens with one attached hydrogen (secondary N) is 1. The lowest BCUT2D eigenvalue weighted by Crippen LogP contribution is -2.26. The molecule has 4 heteroatoms. The van der Waals surface area contributed by atoms with E-state index in [9.17, 15) is 4.79 Å². The summed E-state index contributed by atoms with van der Waals surface area (Å²) in [7, 11) is 0. The Bertz CT molecular complexity index is 565. The number of hydrazone groups is 1. The van der Waals surface area contributed by atoms with E-state index in [2.05, 4.69) is 24.4 Å². The summed E-state index contributed by atoms with van der Waals surface area (Å²) in [6, 6.07) is 7.93. The quantitative estimate of drug-likeness (QED) is 0.648. The van der Waals surface area contributed by atoms with Crippen molar-refractivity contribution in [1.29, 1.82) is 0 Å². The van der Waals surface area contributed by atoms with Crippen molar-refractivity contribution in [2.24, 2.45) is 5.10 Å². The topological polar surface area (TPSA) is 50.7 Å². The summed E-state index contributed by atoms with van der Waals surface area (Å²) >= 11 is 0. The molecule has 0 atom stereocenters. The summed E-state index contributed by atoms with van der Waals surface area (Å²) in [5.74, 6) is 1.01. The zero-order valence-electron chi connectivity index (χ0n) is 17.1. The number of nitrogens with zero attached hydrogens (tertiary/aromatic N) is 1. The Morgan fingerprint density at radius 2 is 1.44 bits per heavy atom. The molecule has 0 radical (unpaired) electrons. The normalized spacial score (nSPS) is 16.9. The van der Waals surface area contributed by atoms with E-state index in [1.807, 2.05) is 24.3 Å². The van der Waals surface area contributed by atoms with E-state index in [0.717, 1.165) is 18.6 Å². The lowest BCUT2D eigenvalue weighted by atomic mass is 10.00. The van der Waals surface area contributed by atoms with E-state index in [0.29, 0.717) is 11.7 Å². The van der Waals surface area contributed by atoms with Crippen LogP contribution in [0.25, 0.3) is 0 Å². The van der Waals surface area contributed by atoms with Crippen molar-refractivity contribution in [2.75, 3.05) is 6.61 Å². The Hall–Kier alpha value is -1.84. The second-order valence-electron chi connectivity index (χ2n) is 7.91. The molecule has 1 N–H and O–H groups in total. The average Bonchev–Trinajstić information content (AvgIpc) is 2.66. The first-order chi connectivity index (χ1) is 13.1. The van der Waals surface area contributed by atoms with Gasteiger partial charge in [0, 0.05) is 5.71 Å². The van der Waals surface area contributed by atoms with E-state index < -0.39 is 0 Å². The highest BCUT2D eigenvalue weighted by atomic mass is 16.5. The van der Waals surface area contributed by atoms with E-state index in [1.54, 1.807) is 0 Å². The summed E-state index contributed by atoms with van der Waals surface area (Å²) < 4.78 is 5.57. The molecule has 0 bridgehead atoms. The Morgan fingerprint density at radius 3 is 1.96 bits per heavy atom. The molecule has 0 aliphatic heterocycles. The number of amides is 1. The highest BCUT2D eigenvalue weighted by Crippen LogP contribution is 2.18. The van der Waals surface area contributed by atoms with Gasteiger partial charge in [0.05, 0.1) is 0 Å². The largest absolute Gasteiger partial charge is 0.484 e. The molecule has 0 heterocycles. The van der Waals surface area contributed by atoms with Crippen LogP contribution in [0.2, 0.25) is 0 Å². The minimum absolute atomic E-state index is 0.00218. The van der Waals surface area contributed by atoms with Gasteiger partial charge < -0.3 is 4.74 Å². The molecule has 27 heavy (non-hydrogen) atoms. The Morgan fingerprint density at radius 1 is 0.926 bits per heavy atom. The van der Waals surface area contributed by atoms with Crippen molar-refractivity contribution >= 4 is 11.6 Å². The first-order valence-corrected chi connectivity index (χ1v) is 10.7. The average molecular weight is 373 g/mol. The summed E-state index contributed by atoms with van der Waals surface area (Å²) in [6.07, 6.45) is 13.6. The maximum Gasteiger partial charge on any atom is 0.277 e. The van der Waals surface area contributed by atoms with Crippen LogP contribution in [0.1, 0.15) is 96.0 Å². The van der Waals surface area contributed by atoms with Gasteiger partial charge >= 0.3 is 0 Å². The SMILES string of the molecule is CC(C)c1ccc(OCC(=O)NN=C2CCCCCCCCCCC2)cc1. The van der Waals surface area contributed by atoms with Crippen molar-refractivity contribution in [3.63, 3.8) is 0 Å². The molecular formula is C23H36N2O2. The maximum atomic E-state index is 12.1. The van der Waals surface area contributed by atoms with Crippen molar-refractivity contribution < 1.29 is 9.53 Å². The minimum atomic E-state index is -0.193. The third-order valence-corrected chi connectivity index (χ3v) is 5.19. The summed E-state index contributed by atoms with van der Waals surface area (Å²) in [6.45, 7) is 4.31. The number of rotatable bonds is 5. The minimum Gasteiger partial charge on any atom is -0.484 e. The Labute approximate surface area is 164 Å². The van der Waals surface area contributed by atoms with Crippen LogP contribution in [0.5, 0.6) is 5.75 Å². The first kappa shape index (κ1) is 21.5. The predicted molar refractivity (Wildman–Crippen MR) is 112 cm³/mol. The number of ether oxygens (including phenoxy) is 1. The fraction of sp³-hybridized carbons (Fsp3) is 0.652. The maximum absolute atomic E-state index is 12.1. The third-order valence-electron chi connectivity index (χ3n) is 5.19. The second kappa shape index (κ2) is 12.5. The van der Waals surface area contributed by atoms with Crippen LogP contribution < -0.4 is 10.2 Å². The van der Waals surface area contributed by atoms with Crippen molar-refractivity contribution in [3.8, 4) is 5.75 Å². The number of hydrogen-bond acceptors (Lipinski definition) is 3. The highest BCUT2D eigenvalue weighted by molar-refractivity contribution is 5.86. The molecule has 1 aromatic carbocycles. The van der Waals surface area contributed by atoms with Gasteiger partial charge in [-0.15, -0.1) is 0 Å². The van der Waals surface area contributed by atoms with Crippen molar-refractivity contribution in [1.82, 2.24) is 5.43 Å². The summed E-state index contributed by atoms with van der Waals surface area (Å²) in [5, 5.41) is 4.40. The van der Waals surface area contributed by atoms with Gasteiger partial charge in [0.2, 0.25) is 0 Å². The van der Waals surface area contributed by atoms with Gasteiger partial charge in [0.15, 0.2) is 6.61 Å². The Kier molecular flexibility index (Phi) is 9.96. The van der Waals surface area contributed by atoms with Crippen LogP contribution in [0, 0.1) is 0 Å². The lowest BCUT2D eigenvalue weighted by Gasteiger charge is -2.10. The van der Waals surface area contributed by atoms with Gasteiger partial charge in [0.25, 0.3) is 5.91 Å². The monoisotopic (exact) mass is 372 g/mol. The third kappa shape index (κ3) is 9.07. The molecule has 1 aromatic rings. The number of benzene rings is 1. The number of carbonyl (C=O) groups excluding carboxylic acids is 1. The van der Waals surface area contributed by atoms with Crippen LogP contribution in [0.4, 0.5) is 0 Å². The van der Waals surface area contributed by atoms with Crippen LogP contribution >= 0.6 is 0 Å². The first-order valence-electron chi connectivity index (χ1n) is 10.7. The zero-order chi connectivity index (χ0) is 19.3. The molecule has 1 amide bonds. The van der Waals surface area contributed by atoms with Gasteiger partial charge in [-0.2, -0.15) is 5.10 Å². The molecule has 0 saturated heterocycles. The molecule has 4 nitrogen and oxygen atoms in total. The van der Waals surface area contributed by atoms with Gasteiger partial charge in [-0.1, -0.05) is 70.9 Å². The summed E-state index contributed by atoms with van der Waals surface area (Å²) in [5.41, 5.74) is 5.08. The number of carbonyl (C=O) groups is 1. The molecule has 1 aliphatic carbocycles.